The molecule has 1 aromatic carbocycles. The molecule has 1 atom stereocenters. The Kier molecular flexibility index (Phi) is 6.68. The number of esters is 1. The number of carbonyl (C=O) groups excluding carboxylic acids is 1. The number of aliphatic hydroxyl groups excluding tert-OH is 1. The van der Waals surface area contributed by atoms with Crippen LogP contribution in [0.25, 0.3) is 0 Å². The molecule has 0 aliphatic heterocycles. The van der Waals surface area contributed by atoms with E-state index < -0.39 is 11.9 Å². The second-order valence-corrected chi connectivity index (χ2v) is 4.48. The molecule has 0 fully saturated rings. The number of nitrogens with zero attached hydrogens (tertiary/aromatic N) is 1. The van der Waals surface area contributed by atoms with Crippen molar-refractivity contribution in [3.05, 3.63) is 35.1 Å². The zero-order valence-corrected chi connectivity index (χ0v) is 11.4. The molecule has 1 aromatic rings. The van der Waals surface area contributed by atoms with E-state index in [1.54, 1.807) is 6.07 Å². The molecule has 4 nitrogen and oxygen atoms in total. The van der Waals surface area contributed by atoms with Gasteiger partial charge in [0.25, 0.3) is 0 Å². The Balaban J connectivity index is 2.49. The number of hydrogen-bond donors (Lipinski definition) is 1. The van der Waals surface area contributed by atoms with Gasteiger partial charge in [-0.15, -0.1) is 0 Å². The smallest absolute Gasteiger partial charge is 0.305 e. The highest BCUT2D eigenvalue weighted by Crippen LogP contribution is 2.21. The van der Waals surface area contributed by atoms with Crippen molar-refractivity contribution < 1.29 is 19.0 Å². The lowest BCUT2D eigenvalue weighted by atomic mass is 10.0. The summed E-state index contributed by atoms with van der Waals surface area (Å²) < 4.78 is 18.1. The summed E-state index contributed by atoms with van der Waals surface area (Å²) in [6.45, 7) is 2.39. The number of nitriles is 1. The van der Waals surface area contributed by atoms with Crippen LogP contribution < -0.4 is 0 Å². The van der Waals surface area contributed by atoms with Gasteiger partial charge in [-0.2, -0.15) is 5.26 Å². The average molecular weight is 279 g/mol. The van der Waals surface area contributed by atoms with E-state index >= 15 is 0 Å². The molecule has 0 aliphatic rings. The molecule has 1 unspecified atom stereocenters. The summed E-state index contributed by atoms with van der Waals surface area (Å²) in [5.74, 6) is -0.984. The first kappa shape index (κ1) is 16.1. The Hall–Kier alpha value is -1.93. The van der Waals surface area contributed by atoms with Crippen LogP contribution in [0.1, 0.15) is 49.8 Å². The molecule has 0 aromatic heterocycles. The van der Waals surface area contributed by atoms with E-state index in [4.69, 9.17) is 10.00 Å². The van der Waals surface area contributed by atoms with E-state index in [0.29, 0.717) is 12.2 Å². The predicted octanol–water partition coefficient (Wildman–Crippen LogP) is 2.85. The Bertz CT molecular complexity index is 496. The van der Waals surface area contributed by atoms with E-state index in [9.17, 15) is 14.3 Å². The largest absolute Gasteiger partial charge is 0.466 e. The van der Waals surface area contributed by atoms with Crippen LogP contribution in [-0.2, 0) is 9.53 Å². The number of ether oxygens (including phenoxy) is 1. The molecular weight excluding hydrogens is 261 g/mol. The minimum atomic E-state index is -0.915. The van der Waals surface area contributed by atoms with Crippen LogP contribution in [0.4, 0.5) is 4.39 Å². The molecule has 108 valence electrons. The van der Waals surface area contributed by atoms with Crippen LogP contribution in [-0.4, -0.2) is 17.7 Å². The maximum absolute atomic E-state index is 13.1. The standard InChI is InChI=1S/C15H18FNO3/c1-2-3-8-20-15(19)7-6-14(18)11-4-5-13(16)12(9-11)10-17/h4-5,9,14,18H,2-3,6-8H2,1H3. The maximum atomic E-state index is 13.1. The van der Waals surface area contributed by atoms with Gasteiger partial charge in [0.15, 0.2) is 0 Å². The average Bonchev–Trinajstić information content (AvgIpc) is 2.45. The Labute approximate surface area is 117 Å². The molecular formula is C15H18FNO3. The lowest BCUT2D eigenvalue weighted by Crippen LogP contribution is -2.08. The zero-order valence-electron chi connectivity index (χ0n) is 11.4. The highest BCUT2D eigenvalue weighted by Gasteiger charge is 2.13. The fourth-order valence-electron chi connectivity index (χ4n) is 1.66. The van der Waals surface area contributed by atoms with Crippen LogP contribution in [0.5, 0.6) is 0 Å². The molecule has 1 N–H and O–H groups in total. The van der Waals surface area contributed by atoms with Crippen molar-refractivity contribution in [2.24, 2.45) is 0 Å². The Morgan fingerprint density at radius 2 is 2.30 bits per heavy atom. The fourth-order valence-corrected chi connectivity index (χ4v) is 1.66. The Morgan fingerprint density at radius 1 is 1.55 bits per heavy atom. The summed E-state index contributed by atoms with van der Waals surface area (Å²) in [4.78, 5) is 11.4. The minimum Gasteiger partial charge on any atom is -0.466 e. The van der Waals surface area contributed by atoms with Crippen molar-refractivity contribution in [3.8, 4) is 6.07 Å². The number of carbonyl (C=O) groups is 1. The van der Waals surface area contributed by atoms with E-state index in [2.05, 4.69) is 0 Å². The first-order chi connectivity index (χ1) is 9.58. The van der Waals surface area contributed by atoms with Gasteiger partial charge in [0.2, 0.25) is 0 Å². The van der Waals surface area contributed by atoms with Gasteiger partial charge in [-0.1, -0.05) is 19.4 Å². The summed E-state index contributed by atoms with van der Waals surface area (Å²) >= 11 is 0. The molecule has 0 bridgehead atoms. The first-order valence-electron chi connectivity index (χ1n) is 6.61. The van der Waals surface area contributed by atoms with Gasteiger partial charge in [0.1, 0.15) is 11.9 Å². The van der Waals surface area contributed by atoms with E-state index in [1.807, 2.05) is 6.92 Å². The normalized spacial score (nSPS) is 11.7. The number of aliphatic hydroxyl groups is 1. The molecule has 0 radical (unpaired) electrons. The first-order valence-corrected chi connectivity index (χ1v) is 6.61. The summed E-state index contributed by atoms with van der Waals surface area (Å²) in [7, 11) is 0. The van der Waals surface area contributed by atoms with Crippen molar-refractivity contribution in [3.63, 3.8) is 0 Å². The van der Waals surface area contributed by atoms with E-state index in [1.165, 1.54) is 12.1 Å². The van der Waals surface area contributed by atoms with Crippen molar-refractivity contribution in [1.82, 2.24) is 0 Å². The van der Waals surface area contributed by atoms with Crippen molar-refractivity contribution >= 4 is 5.97 Å². The Morgan fingerprint density at radius 3 is 2.95 bits per heavy atom. The second-order valence-electron chi connectivity index (χ2n) is 4.48. The summed E-state index contributed by atoms with van der Waals surface area (Å²) in [5, 5.41) is 18.6. The maximum Gasteiger partial charge on any atom is 0.305 e. The number of halogens is 1. The van der Waals surface area contributed by atoms with Crippen molar-refractivity contribution in [2.45, 2.75) is 38.7 Å². The number of benzene rings is 1. The number of rotatable bonds is 7. The zero-order chi connectivity index (χ0) is 15.0. The van der Waals surface area contributed by atoms with E-state index in [0.717, 1.165) is 18.9 Å². The minimum absolute atomic E-state index is 0.0874. The quantitative estimate of drug-likeness (QED) is 0.615. The SMILES string of the molecule is CCCCOC(=O)CCC(O)c1ccc(F)c(C#N)c1. The predicted molar refractivity (Wildman–Crippen MR) is 71.2 cm³/mol. The third kappa shape index (κ3) is 4.98. The lowest BCUT2D eigenvalue weighted by molar-refractivity contribution is -0.144. The monoisotopic (exact) mass is 279 g/mol. The molecule has 0 amide bonds. The highest BCUT2D eigenvalue weighted by molar-refractivity contribution is 5.69. The molecule has 0 aliphatic carbocycles. The molecule has 5 heteroatoms. The van der Waals surface area contributed by atoms with Gasteiger partial charge in [0, 0.05) is 6.42 Å². The van der Waals surface area contributed by atoms with Crippen molar-refractivity contribution in [1.29, 1.82) is 5.26 Å². The van der Waals surface area contributed by atoms with Crippen LogP contribution >= 0.6 is 0 Å². The third-order valence-electron chi connectivity index (χ3n) is 2.88. The van der Waals surface area contributed by atoms with E-state index in [-0.39, 0.29) is 24.4 Å². The van der Waals surface area contributed by atoms with Gasteiger partial charge in [0.05, 0.1) is 18.3 Å². The molecule has 1 rings (SSSR count). The fraction of sp³-hybridized carbons (Fsp3) is 0.467. The van der Waals surface area contributed by atoms with Crippen LogP contribution in [0, 0.1) is 17.1 Å². The summed E-state index contributed by atoms with van der Waals surface area (Å²) in [6.07, 6.45) is 1.12. The highest BCUT2D eigenvalue weighted by atomic mass is 19.1. The number of unbranched alkanes of at least 4 members (excludes halogenated alkanes) is 1. The third-order valence-corrected chi connectivity index (χ3v) is 2.88. The van der Waals surface area contributed by atoms with Gasteiger partial charge >= 0.3 is 5.97 Å². The van der Waals surface area contributed by atoms with Crippen LogP contribution in [0.2, 0.25) is 0 Å². The van der Waals surface area contributed by atoms with Gasteiger partial charge < -0.3 is 9.84 Å². The molecule has 0 saturated carbocycles. The van der Waals surface area contributed by atoms with Gasteiger partial charge in [-0.05, 0) is 30.5 Å². The van der Waals surface area contributed by atoms with Crippen molar-refractivity contribution in [2.75, 3.05) is 6.61 Å². The van der Waals surface area contributed by atoms with Gasteiger partial charge in [-0.3, -0.25) is 4.79 Å². The van der Waals surface area contributed by atoms with Gasteiger partial charge in [-0.25, -0.2) is 4.39 Å². The molecule has 0 heterocycles. The lowest BCUT2D eigenvalue weighted by Gasteiger charge is -2.11. The topological polar surface area (TPSA) is 70.3 Å². The second kappa shape index (κ2) is 8.28. The molecule has 0 saturated heterocycles. The molecule has 0 spiro atoms. The summed E-state index contributed by atoms with van der Waals surface area (Å²) in [5.41, 5.74) is 0.302. The van der Waals surface area contributed by atoms with Crippen LogP contribution in [0.3, 0.4) is 0 Å². The molecule has 20 heavy (non-hydrogen) atoms. The summed E-state index contributed by atoms with van der Waals surface area (Å²) in [6, 6.07) is 5.55. The van der Waals surface area contributed by atoms with Crippen LogP contribution in [0.15, 0.2) is 18.2 Å². The number of hydrogen-bond acceptors (Lipinski definition) is 4.